The van der Waals surface area contributed by atoms with E-state index in [2.05, 4.69) is 56.9 Å². The molecule has 0 radical (unpaired) electrons. The Kier molecular flexibility index (Phi) is 5.16. The van der Waals surface area contributed by atoms with Crippen LogP contribution < -0.4 is 15.6 Å². The molecule has 1 saturated heterocycles. The molecule has 1 saturated carbocycles. The van der Waals surface area contributed by atoms with Crippen LogP contribution in [0.1, 0.15) is 24.5 Å². The predicted octanol–water partition coefficient (Wildman–Crippen LogP) is 3.07. The highest BCUT2D eigenvalue weighted by atomic mass is 16.2. The van der Waals surface area contributed by atoms with Gasteiger partial charge in [0.05, 0.1) is 12.1 Å². The molecule has 3 aromatic rings. The number of rotatable bonds is 5. The zero-order valence-electron chi connectivity index (χ0n) is 17.7. The fraction of sp³-hybridized carbons (Fsp3) is 0.320. The van der Waals surface area contributed by atoms with E-state index in [1.54, 1.807) is 12.4 Å². The van der Waals surface area contributed by atoms with Crippen molar-refractivity contribution in [1.29, 1.82) is 0 Å². The number of hydrogen-bond acceptors (Lipinski definition) is 5. The van der Waals surface area contributed by atoms with E-state index >= 15 is 0 Å². The fourth-order valence-electron chi connectivity index (χ4n) is 4.55. The highest BCUT2D eigenvalue weighted by molar-refractivity contribution is 5.99. The van der Waals surface area contributed by atoms with Crippen LogP contribution in [0.2, 0.25) is 0 Å². The molecule has 1 amide bonds. The summed E-state index contributed by atoms with van der Waals surface area (Å²) in [5, 5.41) is 9.73. The maximum Gasteiger partial charge on any atom is 0.244 e. The van der Waals surface area contributed by atoms with Gasteiger partial charge in [-0.2, -0.15) is 5.10 Å². The number of piperazine rings is 1. The zero-order chi connectivity index (χ0) is 21.3. The molecule has 6 nitrogen and oxygen atoms in total. The standard InChI is InChI=1S/C25H27N5O/c1-25(20-5-7-21(8-6-20)30-13-11-26-12-14-30)15-23(25)24(31)29-28-17-19-4-2-3-18-16-27-10-9-22(18)19/h2-10,16-17,23,26H,11-15H2,1H3,(H,29,31)/b28-17+. The molecular formula is C25H27N5O. The van der Waals surface area contributed by atoms with Gasteiger partial charge in [-0.05, 0) is 35.6 Å². The number of nitrogens with one attached hydrogen (secondary N) is 2. The lowest BCUT2D eigenvalue weighted by atomic mass is 9.95. The maximum atomic E-state index is 12.7. The molecule has 1 aromatic heterocycles. The Morgan fingerprint density at radius 1 is 1.19 bits per heavy atom. The molecule has 2 aliphatic rings. The number of amides is 1. The molecule has 0 spiro atoms. The van der Waals surface area contributed by atoms with Crippen molar-refractivity contribution >= 4 is 28.6 Å². The van der Waals surface area contributed by atoms with Crippen LogP contribution >= 0.6 is 0 Å². The maximum absolute atomic E-state index is 12.7. The van der Waals surface area contributed by atoms with E-state index < -0.39 is 0 Å². The number of anilines is 1. The van der Waals surface area contributed by atoms with Gasteiger partial charge >= 0.3 is 0 Å². The van der Waals surface area contributed by atoms with Crippen LogP contribution in [-0.2, 0) is 10.2 Å². The lowest BCUT2D eigenvalue weighted by Crippen LogP contribution is -2.43. The lowest BCUT2D eigenvalue weighted by Gasteiger charge is -2.29. The molecule has 31 heavy (non-hydrogen) atoms. The summed E-state index contributed by atoms with van der Waals surface area (Å²) in [6.45, 7) is 6.29. The zero-order valence-corrected chi connectivity index (χ0v) is 17.7. The molecule has 6 heteroatoms. The van der Waals surface area contributed by atoms with Gasteiger partial charge in [0.15, 0.2) is 0 Å². The summed E-state index contributed by atoms with van der Waals surface area (Å²) in [4.78, 5) is 19.3. The summed E-state index contributed by atoms with van der Waals surface area (Å²) in [5.74, 6) is -0.0711. The van der Waals surface area contributed by atoms with Gasteiger partial charge < -0.3 is 10.2 Å². The van der Waals surface area contributed by atoms with Crippen LogP contribution in [0.3, 0.4) is 0 Å². The van der Waals surface area contributed by atoms with Crippen molar-refractivity contribution in [3.8, 4) is 0 Å². The van der Waals surface area contributed by atoms with E-state index in [-0.39, 0.29) is 17.2 Å². The second-order valence-electron chi connectivity index (χ2n) is 8.64. The Morgan fingerprint density at radius 3 is 2.81 bits per heavy atom. The van der Waals surface area contributed by atoms with Gasteiger partial charge in [-0.1, -0.05) is 37.3 Å². The average Bonchev–Trinajstić information content (AvgIpc) is 3.53. The van der Waals surface area contributed by atoms with Crippen molar-refractivity contribution in [1.82, 2.24) is 15.7 Å². The van der Waals surface area contributed by atoms with E-state index in [1.165, 1.54) is 11.3 Å². The number of nitrogens with zero attached hydrogens (tertiary/aromatic N) is 3. The summed E-state index contributed by atoms with van der Waals surface area (Å²) in [5.41, 5.74) is 6.06. The van der Waals surface area contributed by atoms with Gasteiger partial charge in [0, 0.05) is 60.6 Å². The van der Waals surface area contributed by atoms with Crippen LogP contribution in [0.25, 0.3) is 10.8 Å². The van der Waals surface area contributed by atoms with Gasteiger partial charge in [-0.3, -0.25) is 9.78 Å². The SMILES string of the molecule is CC1(c2ccc(N3CCNCC3)cc2)CC1C(=O)N/N=C/c1cccc2cnccc12. The van der Waals surface area contributed by atoms with Crippen molar-refractivity contribution in [2.45, 2.75) is 18.8 Å². The molecule has 2 atom stereocenters. The summed E-state index contributed by atoms with van der Waals surface area (Å²) in [7, 11) is 0. The minimum atomic E-state index is -0.118. The number of fused-ring (bicyclic) bond motifs is 1. The molecule has 1 aliphatic heterocycles. The Balaban J connectivity index is 1.22. The number of pyridine rings is 1. The van der Waals surface area contributed by atoms with E-state index in [9.17, 15) is 4.79 Å². The Hall–Kier alpha value is -3.25. The highest BCUT2D eigenvalue weighted by Gasteiger charge is 2.55. The molecular weight excluding hydrogens is 386 g/mol. The smallest absolute Gasteiger partial charge is 0.244 e. The summed E-state index contributed by atoms with van der Waals surface area (Å²) < 4.78 is 0. The molecule has 158 valence electrons. The quantitative estimate of drug-likeness (QED) is 0.498. The van der Waals surface area contributed by atoms with Gasteiger partial charge in [0.1, 0.15) is 0 Å². The Labute approximate surface area is 182 Å². The monoisotopic (exact) mass is 413 g/mol. The van der Waals surface area contributed by atoms with Crippen molar-refractivity contribution in [2.24, 2.45) is 11.0 Å². The van der Waals surface area contributed by atoms with Crippen molar-refractivity contribution < 1.29 is 4.79 Å². The van der Waals surface area contributed by atoms with Crippen molar-refractivity contribution in [2.75, 3.05) is 31.1 Å². The second-order valence-corrected chi connectivity index (χ2v) is 8.64. The number of benzene rings is 2. The third-order valence-electron chi connectivity index (χ3n) is 6.66. The summed E-state index contributed by atoms with van der Waals surface area (Å²) in [6, 6.07) is 16.7. The topological polar surface area (TPSA) is 69.6 Å². The number of hydrazone groups is 1. The van der Waals surface area contributed by atoms with Crippen LogP contribution in [-0.4, -0.2) is 43.3 Å². The predicted molar refractivity (Wildman–Crippen MR) is 124 cm³/mol. The number of carbonyl (C=O) groups excluding carboxylic acids is 1. The van der Waals surface area contributed by atoms with Crippen molar-refractivity contribution in [3.63, 3.8) is 0 Å². The molecule has 0 bridgehead atoms. The molecule has 2 N–H and O–H groups in total. The number of hydrogen-bond donors (Lipinski definition) is 2. The van der Waals surface area contributed by atoms with E-state index in [0.29, 0.717) is 0 Å². The van der Waals surface area contributed by atoms with Crippen LogP contribution in [0.15, 0.2) is 66.0 Å². The Bertz CT molecular complexity index is 1110. The largest absolute Gasteiger partial charge is 0.369 e. The first-order chi connectivity index (χ1) is 15.1. The van der Waals surface area contributed by atoms with E-state index in [1.807, 2.05) is 30.5 Å². The molecule has 2 heterocycles. The molecule has 2 unspecified atom stereocenters. The first kappa shape index (κ1) is 19.7. The number of aromatic nitrogens is 1. The third kappa shape index (κ3) is 3.91. The second kappa shape index (κ2) is 8.12. The molecule has 2 aromatic carbocycles. The minimum Gasteiger partial charge on any atom is -0.369 e. The van der Waals surface area contributed by atoms with E-state index in [4.69, 9.17) is 0 Å². The molecule has 1 aliphatic carbocycles. The average molecular weight is 414 g/mol. The van der Waals surface area contributed by atoms with E-state index in [0.717, 1.165) is 48.9 Å². The minimum absolute atomic E-state index is 0.0214. The van der Waals surface area contributed by atoms with Gasteiger partial charge in [0.25, 0.3) is 0 Å². The van der Waals surface area contributed by atoms with Gasteiger partial charge in [0.2, 0.25) is 5.91 Å². The fourth-order valence-corrected chi connectivity index (χ4v) is 4.55. The van der Waals surface area contributed by atoms with Crippen LogP contribution in [0.5, 0.6) is 0 Å². The summed E-state index contributed by atoms with van der Waals surface area (Å²) >= 11 is 0. The van der Waals surface area contributed by atoms with Gasteiger partial charge in [-0.15, -0.1) is 0 Å². The first-order valence-electron chi connectivity index (χ1n) is 10.9. The lowest BCUT2D eigenvalue weighted by molar-refractivity contribution is -0.122. The number of carbonyl (C=O) groups is 1. The first-order valence-corrected chi connectivity index (χ1v) is 10.9. The third-order valence-corrected chi connectivity index (χ3v) is 6.66. The molecule has 5 rings (SSSR count). The van der Waals surface area contributed by atoms with Crippen LogP contribution in [0.4, 0.5) is 5.69 Å². The Morgan fingerprint density at radius 2 is 2.00 bits per heavy atom. The normalized spacial score (nSPS) is 23.3. The summed E-state index contributed by atoms with van der Waals surface area (Å²) in [6.07, 6.45) is 6.15. The highest BCUT2D eigenvalue weighted by Crippen LogP contribution is 2.54. The van der Waals surface area contributed by atoms with Gasteiger partial charge in [-0.25, -0.2) is 5.43 Å². The van der Waals surface area contributed by atoms with Crippen molar-refractivity contribution in [3.05, 3.63) is 72.1 Å². The van der Waals surface area contributed by atoms with Crippen LogP contribution in [0, 0.1) is 5.92 Å². The molecule has 2 fully saturated rings.